The molecule has 0 saturated carbocycles. The summed E-state index contributed by atoms with van der Waals surface area (Å²) < 4.78 is 33.4. The molecule has 0 aromatic heterocycles. The summed E-state index contributed by atoms with van der Waals surface area (Å²) >= 11 is 0. The molecule has 1 heterocycles. The molecule has 175 valence electrons. The largest absolute Gasteiger partial charge is 0.496 e. The minimum atomic E-state index is 0.435. The molecule has 0 spiro atoms. The molecule has 1 aliphatic rings. The van der Waals surface area contributed by atoms with E-state index in [2.05, 4.69) is 21.9 Å². The van der Waals surface area contributed by atoms with E-state index in [1.54, 1.807) is 35.5 Å². The van der Waals surface area contributed by atoms with E-state index in [9.17, 15) is 0 Å². The normalized spacial score (nSPS) is 13.4. The highest BCUT2D eigenvalue weighted by molar-refractivity contribution is 5.85. The number of nitrogens with zero attached hydrogens (tertiary/aromatic N) is 2. The van der Waals surface area contributed by atoms with Crippen molar-refractivity contribution in [3.63, 3.8) is 0 Å². The van der Waals surface area contributed by atoms with Crippen LogP contribution in [-0.2, 0) is 14.2 Å². The van der Waals surface area contributed by atoms with Crippen molar-refractivity contribution in [2.45, 2.75) is 0 Å². The summed E-state index contributed by atoms with van der Waals surface area (Å²) in [5.41, 5.74) is 3.04. The molecule has 1 radical (unpaired) electrons. The van der Waals surface area contributed by atoms with Crippen molar-refractivity contribution in [3.05, 3.63) is 48.1 Å². The van der Waals surface area contributed by atoms with Gasteiger partial charge in [0.1, 0.15) is 23.9 Å². The maximum Gasteiger partial charge on any atom is 0.195 e. The quantitative estimate of drug-likeness (QED) is 0.436. The molecule has 3 rings (SSSR count). The van der Waals surface area contributed by atoms with Crippen LogP contribution in [0.5, 0.6) is 17.2 Å². The van der Waals surface area contributed by atoms with E-state index in [1.165, 1.54) is 0 Å². The topological polar surface area (TPSA) is 61.9 Å². The molecule has 0 amide bonds. The van der Waals surface area contributed by atoms with Crippen LogP contribution in [0, 0.1) is 6.17 Å². The van der Waals surface area contributed by atoms with Gasteiger partial charge in [-0.25, -0.2) is 0 Å². The number of fused-ring (bicyclic) bond motifs is 1. The first-order valence-corrected chi connectivity index (χ1v) is 10.6. The molecule has 8 heteroatoms. The third-order valence-electron chi connectivity index (χ3n) is 5.27. The molecule has 0 fully saturated rings. The molecule has 0 saturated heterocycles. The van der Waals surface area contributed by atoms with Crippen molar-refractivity contribution in [1.82, 2.24) is 0 Å². The van der Waals surface area contributed by atoms with Gasteiger partial charge in [0.15, 0.2) is 6.17 Å². The van der Waals surface area contributed by atoms with Crippen LogP contribution in [0.2, 0.25) is 0 Å². The summed E-state index contributed by atoms with van der Waals surface area (Å²) in [4.78, 5) is 4.47. The molecular formula is C24H33N2O6. The van der Waals surface area contributed by atoms with Gasteiger partial charge in [-0.2, -0.15) is 0 Å². The lowest BCUT2D eigenvalue weighted by Gasteiger charge is -2.33. The molecule has 0 unspecified atom stereocenters. The first-order valence-electron chi connectivity index (χ1n) is 10.6. The van der Waals surface area contributed by atoms with Gasteiger partial charge in [-0.05, 0) is 12.1 Å². The molecule has 0 aliphatic carbocycles. The zero-order chi connectivity index (χ0) is 22.9. The van der Waals surface area contributed by atoms with Gasteiger partial charge < -0.3 is 38.2 Å². The summed E-state index contributed by atoms with van der Waals surface area (Å²) in [6, 6.07) is 12.1. The van der Waals surface area contributed by atoms with E-state index in [1.807, 2.05) is 24.3 Å². The van der Waals surface area contributed by atoms with Crippen molar-refractivity contribution in [1.29, 1.82) is 0 Å². The Morgan fingerprint density at radius 2 is 1.16 bits per heavy atom. The van der Waals surface area contributed by atoms with Crippen molar-refractivity contribution in [2.75, 3.05) is 84.9 Å². The van der Waals surface area contributed by atoms with Crippen LogP contribution < -0.4 is 24.0 Å². The molecule has 8 nitrogen and oxygen atoms in total. The number of methoxy groups -OCH3 is 5. The van der Waals surface area contributed by atoms with Gasteiger partial charge in [-0.15, -0.1) is 0 Å². The van der Waals surface area contributed by atoms with Crippen LogP contribution in [0.25, 0.3) is 0 Å². The standard InChI is InChI=1S/C24H33N2O6/c1-27-12-10-25-19-8-6-7-9-20(19)26(11-13-28-2)24(25)23-21(30-4)16-18(17-22(23)31-5)32-15-14-29-3/h6-9,16-17H,10-15H2,1-5H3. The number of anilines is 2. The average Bonchev–Trinajstić information content (AvgIpc) is 3.13. The van der Waals surface area contributed by atoms with Crippen LogP contribution in [0.15, 0.2) is 36.4 Å². The van der Waals surface area contributed by atoms with Crippen LogP contribution in [0.3, 0.4) is 0 Å². The predicted molar refractivity (Wildman–Crippen MR) is 124 cm³/mol. The smallest absolute Gasteiger partial charge is 0.195 e. The fourth-order valence-electron chi connectivity index (χ4n) is 3.82. The summed E-state index contributed by atoms with van der Waals surface area (Å²) in [5, 5.41) is 0. The Hall–Kier alpha value is -2.68. The van der Waals surface area contributed by atoms with E-state index in [4.69, 9.17) is 28.4 Å². The number of rotatable bonds is 13. The maximum atomic E-state index is 5.83. The number of benzene rings is 2. The molecule has 0 N–H and O–H groups in total. The van der Waals surface area contributed by atoms with Crippen molar-refractivity contribution in [2.24, 2.45) is 0 Å². The lowest BCUT2D eigenvalue weighted by Crippen LogP contribution is -2.40. The molecule has 2 aromatic rings. The Morgan fingerprint density at radius 1 is 0.656 bits per heavy atom. The Labute approximate surface area is 190 Å². The minimum absolute atomic E-state index is 0.435. The Bertz CT molecular complexity index is 802. The van der Waals surface area contributed by atoms with Crippen molar-refractivity contribution >= 4 is 11.4 Å². The first kappa shape index (κ1) is 24.0. The summed E-state index contributed by atoms with van der Waals surface area (Å²) in [6.07, 6.45) is 0.956. The third-order valence-corrected chi connectivity index (χ3v) is 5.27. The molecule has 0 bridgehead atoms. The highest BCUT2D eigenvalue weighted by Crippen LogP contribution is 2.50. The van der Waals surface area contributed by atoms with E-state index in [0.29, 0.717) is 56.8 Å². The number of ether oxygens (including phenoxy) is 6. The second-order valence-electron chi connectivity index (χ2n) is 7.15. The van der Waals surface area contributed by atoms with Gasteiger partial charge in [0.05, 0.1) is 51.0 Å². The zero-order valence-corrected chi connectivity index (χ0v) is 19.6. The molecule has 32 heavy (non-hydrogen) atoms. The lowest BCUT2D eigenvalue weighted by atomic mass is 10.1. The second-order valence-corrected chi connectivity index (χ2v) is 7.15. The Balaban J connectivity index is 2.10. The van der Waals surface area contributed by atoms with Crippen LogP contribution in [-0.4, -0.2) is 75.1 Å². The zero-order valence-electron chi connectivity index (χ0n) is 19.6. The number of hydrogen-bond donors (Lipinski definition) is 0. The molecule has 1 aliphatic heterocycles. The van der Waals surface area contributed by atoms with Crippen molar-refractivity contribution < 1.29 is 28.4 Å². The Morgan fingerprint density at radius 3 is 1.59 bits per heavy atom. The SMILES string of the molecule is COCCOc1cc(OC)c([C]2N(CCOC)c3ccccc3N2CCOC)c(OC)c1. The number of para-hydroxylation sites is 2. The fraction of sp³-hybridized carbons (Fsp3) is 0.458. The van der Waals surface area contributed by atoms with Crippen LogP contribution in [0.1, 0.15) is 5.56 Å². The molecular weight excluding hydrogens is 412 g/mol. The maximum absolute atomic E-state index is 5.83. The van der Waals surface area contributed by atoms with Crippen molar-refractivity contribution in [3.8, 4) is 17.2 Å². The van der Waals surface area contributed by atoms with Gasteiger partial charge in [-0.3, -0.25) is 0 Å². The van der Waals surface area contributed by atoms with Gasteiger partial charge in [0.2, 0.25) is 0 Å². The lowest BCUT2D eigenvalue weighted by molar-refractivity contribution is 0.146. The second kappa shape index (κ2) is 11.8. The molecule has 0 atom stereocenters. The highest BCUT2D eigenvalue weighted by Gasteiger charge is 2.41. The van der Waals surface area contributed by atoms with Gasteiger partial charge >= 0.3 is 0 Å². The average molecular weight is 446 g/mol. The first-order chi connectivity index (χ1) is 15.7. The van der Waals surface area contributed by atoms with Crippen LogP contribution >= 0.6 is 0 Å². The van der Waals surface area contributed by atoms with E-state index in [0.717, 1.165) is 23.1 Å². The summed E-state index contributed by atoms with van der Waals surface area (Å²) in [5.74, 6) is 1.97. The van der Waals surface area contributed by atoms with Gasteiger partial charge in [-0.1, -0.05) is 12.1 Å². The van der Waals surface area contributed by atoms with E-state index < -0.39 is 0 Å². The minimum Gasteiger partial charge on any atom is -0.496 e. The third kappa shape index (κ3) is 5.03. The van der Waals surface area contributed by atoms with Crippen LogP contribution in [0.4, 0.5) is 11.4 Å². The Kier molecular flexibility index (Phi) is 8.84. The predicted octanol–water partition coefficient (Wildman–Crippen LogP) is 3.19. The highest BCUT2D eigenvalue weighted by atomic mass is 16.5. The fourth-order valence-corrected chi connectivity index (χ4v) is 3.82. The number of hydrogen-bond acceptors (Lipinski definition) is 8. The molecule has 2 aromatic carbocycles. The monoisotopic (exact) mass is 445 g/mol. The van der Waals surface area contributed by atoms with E-state index >= 15 is 0 Å². The van der Waals surface area contributed by atoms with E-state index in [-0.39, 0.29) is 0 Å². The van der Waals surface area contributed by atoms with Gasteiger partial charge in [0, 0.05) is 46.6 Å². The summed E-state index contributed by atoms with van der Waals surface area (Å²) in [7, 11) is 8.36. The summed E-state index contributed by atoms with van der Waals surface area (Å²) in [6.45, 7) is 3.41. The van der Waals surface area contributed by atoms with Gasteiger partial charge in [0.25, 0.3) is 0 Å².